The maximum atomic E-state index is 13.7. The van der Waals surface area contributed by atoms with E-state index in [0.29, 0.717) is 22.6 Å². The predicted octanol–water partition coefficient (Wildman–Crippen LogP) is 2.91. The molecule has 0 radical (unpaired) electrons. The van der Waals surface area contributed by atoms with Crippen LogP contribution in [0.1, 0.15) is 28.9 Å². The highest BCUT2D eigenvalue weighted by Gasteiger charge is 2.16. The molecule has 0 saturated carbocycles. The summed E-state index contributed by atoms with van der Waals surface area (Å²) in [6, 6.07) is 10.7. The van der Waals surface area contributed by atoms with Crippen LogP contribution < -0.4 is 15.8 Å². The van der Waals surface area contributed by atoms with Gasteiger partial charge in [-0.25, -0.2) is 4.39 Å². The summed E-state index contributed by atoms with van der Waals surface area (Å²) in [5.74, 6) is -0.195. The Labute approximate surface area is 122 Å². The van der Waals surface area contributed by atoms with E-state index in [9.17, 15) is 9.18 Å². The van der Waals surface area contributed by atoms with Crippen LogP contribution in [0, 0.1) is 5.82 Å². The average molecular weight is 288 g/mol. The molecule has 110 valence electrons. The van der Waals surface area contributed by atoms with Gasteiger partial charge < -0.3 is 15.8 Å². The summed E-state index contributed by atoms with van der Waals surface area (Å²) in [6.07, 6.45) is 0. The van der Waals surface area contributed by atoms with Crippen LogP contribution >= 0.6 is 0 Å². The molecule has 3 N–H and O–H groups in total. The molecule has 21 heavy (non-hydrogen) atoms. The van der Waals surface area contributed by atoms with E-state index in [-0.39, 0.29) is 11.7 Å². The van der Waals surface area contributed by atoms with E-state index < -0.39 is 6.04 Å². The normalized spacial score (nSPS) is 11.8. The summed E-state index contributed by atoms with van der Waals surface area (Å²) in [5, 5.41) is 2.73. The fourth-order valence-electron chi connectivity index (χ4n) is 2.04. The van der Waals surface area contributed by atoms with Gasteiger partial charge in [0.1, 0.15) is 11.6 Å². The van der Waals surface area contributed by atoms with Gasteiger partial charge in [-0.05, 0) is 31.2 Å². The van der Waals surface area contributed by atoms with Crippen LogP contribution in [-0.4, -0.2) is 13.0 Å². The lowest BCUT2D eigenvalue weighted by atomic mass is 10.1. The van der Waals surface area contributed by atoms with Gasteiger partial charge in [-0.15, -0.1) is 0 Å². The Morgan fingerprint density at radius 1 is 1.29 bits per heavy atom. The molecule has 0 bridgehead atoms. The van der Waals surface area contributed by atoms with Crippen molar-refractivity contribution in [2.75, 3.05) is 12.8 Å². The van der Waals surface area contributed by atoms with Gasteiger partial charge in [-0.2, -0.15) is 0 Å². The van der Waals surface area contributed by atoms with Crippen molar-refractivity contribution in [1.29, 1.82) is 0 Å². The number of benzene rings is 2. The third kappa shape index (κ3) is 3.31. The number of hydrogen-bond acceptors (Lipinski definition) is 3. The van der Waals surface area contributed by atoms with Gasteiger partial charge in [-0.1, -0.05) is 18.2 Å². The Hall–Kier alpha value is -2.56. The second-order valence-corrected chi connectivity index (χ2v) is 4.67. The first-order chi connectivity index (χ1) is 10.0. The minimum Gasteiger partial charge on any atom is -0.497 e. The quantitative estimate of drug-likeness (QED) is 0.850. The van der Waals surface area contributed by atoms with E-state index >= 15 is 0 Å². The molecule has 0 aliphatic rings. The third-order valence-electron chi connectivity index (χ3n) is 3.22. The van der Waals surface area contributed by atoms with Gasteiger partial charge in [0, 0.05) is 11.3 Å². The minimum atomic E-state index is -0.468. The maximum Gasteiger partial charge on any atom is 0.253 e. The molecule has 0 unspecified atom stereocenters. The van der Waals surface area contributed by atoms with E-state index in [2.05, 4.69) is 5.32 Å². The Morgan fingerprint density at radius 3 is 2.67 bits per heavy atom. The zero-order chi connectivity index (χ0) is 15.4. The Kier molecular flexibility index (Phi) is 4.42. The monoisotopic (exact) mass is 288 g/mol. The number of nitrogens with two attached hydrogens (primary N) is 1. The molecule has 0 saturated heterocycles. The number of nitrogen functional groups attached to an aromatic ring is 1. The molecule has 5 heteroatoms. The molecule has 0 fully saturated rings. The summed E-state index contributed by atoms with van der Waals surface area (Å²) in [5.41, 5.74) is 6.87. The number of ether oxygens (including phenoxy) is 1. The number of nitrogens with one attached hydrogen (secondary N) is 1. The minimum absolute atomic E-state index is 0.303. The van der Waals surface area contributed by atoms with Crippen LogP contribution in [0.25, 0.3) is 0 Å². The van der Waals surface area contributed by atoms with Gasteiger partial charge in [0.15, 0.2) is 0 Å². The second kappa shape index (κ2) is 6.26. The van der Waals surface area contributed by atoms with E-state index in [4.69, 9.17) is 10.5 Å². The first-order valence-electron chi connectivity index (χ1n) is 6.51. The third-order valence-corrected chi connectivity index (χ3v) is 3.22. The Bertz CT molecular complexity index is 658. The van der Waals surface area contributed by atoms with Crippen LogP contribution in [0.15, 0.2) is 42.5 Å². The highest BCUT2D eigenvalue weighted by molar-refractivity contribution is 5.99. The highest BCUT2D eigenvalue weighted by atomic mass is 19.1. The maximum absolute atomic E-state index is 13.7. The predicted molar refractivity (Wildman–Crippen MR) is 79.7 cm³/mol. The molecule has 2 aromatic rings. The molecule has 2 rings (SSSR count). The van der Waals surface area contributed by atoms with Crippen molar-refractivity contribution in [3.8, 4) is 5.75 Å². The first-order valence-corrected chi connectivity index (χ1v) is 6.51. The van der Waals surface area contributed by atoms with Crippen LogP contribution in [-0.2, 0) is 0 Å². The number of anilines is 1. The molecule has 0 aliphatic carbocycles. The summed E-state index contributed by atoms with van der Waals surface area (Å²) < 4.78 is 18.8. The number of methoxy groups -OCH3 is 1. The average Bonchev–Trinajstić information content (AvgIpc) is 2.48. The fourth-order valence-corrected chi connectivity index (χ4v) is 2.04. The second-order valence-electron chi connectivity index (χ2n) is 4.67. The lowest BCUT2D eigenvalue weighted by molar-refractivity contribution is 0.0940. The largest absolute Gasteiger partial charge is 0.497 e. The molecular weight excluding hydrogens is 271 g/mol. The standard InChI is InChI=1S/C16H17FN2O2/c1-10(12-5-3-4-6-14(12)17)19-16(20)13-9-11(21-2)7-8-15(13)18/h3-10H,18H2,1-2H3,(H,19,20)/t10-/m1/s1. The Balaban J connectivity index is 2.20. The molecule has 0 aromatic heterocycles. The lowest BCUT2D eigenvalue weighted by Gasteiger charge is -2.16. The summed E-state index contributed by atoms with van der Waals surface area (Å²) in [7, 11) is 1.51. The van der Waals surface area contributed by atoms with Gasteiger partial charge in [0.25, 0.3) is 5.91 Å². The van der Waals surface area contributed by atoms with Gasteiger partial charge in [0.05, 0.1) is 18.7 Å². The van der Waals surface area contributed by atoms with E-state index in [1.54, 1.807) is 43.3 Å². The molecule has 4 nitrogen and oxygen atoms in total. The number of rotatable bonds is 4. The van der Waals surface area contributed by atoms with E-state index in [1.165, 1.54) is 13.2 Å². The number of carbonyl (C=O) groups is 1. The van der Waals surface area contributed by atoms with Gasteiger partial charge in [-0.3, -0.25) is 4.79 Å². The van der Waals surface area contributed by atoms with Crippen molar-refractivity contribution in [3.63, 3.8) is 0 Å². The number of amides is 1. The lowest BCUT2D eigenvalue weighted by Crippen LogP contribution is -2.28. The summed E-state index contributed by atoms with van der Waals surface area (Å²) in [4.78, 5) is 12.3. The fraction of sp³-hybridized carbons (Fsp3) is 0.188. The van der Waals surface area contributed by atoms with Crippen LogP contribution in [0.3, 0.4) is 0 Å². The van der Waals surface area contributed by atoms with E-state index in [0.717, 1.165) is 0 Å². The zero-order valence-corrected chi connectivity index (χ0v) is 11.9. The number of carbonyl (C=O) groups excluding carboxylic acids is 1. The Morgan fingerprint density at radius 2 is 2.00 bits per heavy atom. The highest BCUT2D eigenvalue weighted by Crippen LogP contribution is 2.21. The molecule has 0 spiro atoms. The smallest absolute Gasteiger partial charge is 0.253 e. The first kappa shape index (κ1) is 14.8. The molecule has 2 aromatic carbocycles. The van der Waals surface area contributed by atoms with Crippen molar-refractivity contribution in [3.05, 3.63) is 59.4 Å². The van der Waals surface area contributed by atoms with Crippen molar-refractivity contribution >= 4 is 11.6 Å². The summed E-state index contributed by atoms with van der Waals surface area (Å²) in [6.45, 7) is 1.71. The van der Waals surface area contributed by atoms with Crippen LogP contribution in [0.2, 0.25) is 0 Å². The van der Waals surface area contributed by atoms with Gasteiger partial charge >= 0.3 is 0 Å². The molecule has 1 amide bonds. The topological polar surface area (TPSA) is 64.3 Å². The number of halogens is 1. The van der Waals surface area contributed by atoms with Gasteiger partial charge in [0.2, 0.25) is 0 Å². The zero-order valence-electron chi connectivity index (χ0n) is 11.9. The molecular formula is C16H17FN2O2. The molecule has 0 aliphatic heterocycles. The van der Waals surface area contributed by atoms with Crippen LogP contribution in [0.5, 0.6) is 5.75 Å². The summed E-state index contributed by atoms with van der Waals surface area (Å²) >= 11 is 0. The molecule has 1 atom stereocenters. The molecule has 0 heterocycles. The SMILES string of the molecule is COc1ccc(N)c(C(=O)N[C@H](C)c2ccccc2F)c1. The van der Waals surface area contributed by atoms with Crippen molar-refractivity contribution in [2.24, 2.45) is 0 Å². The van der Waals surface area contributed by atoms with Crippen molar-refractivity contribution in [1.82, 2.24) is 5.32 Å². The van der Waals surface area contributed by atoms with E-state index in [1.807, 2.05) is 0 Å². The van der Waals surface area contributed by atoms with Crippen molar-refractivity contribution < 1.29 is 13.9 Å². The van der Waals surface area contributed by atoms with Crippen LogP contribution in [0.4, 0.5) is 10.1 Å². The van der Waals surface area contributed by atoms with Crippen molar-refractivity contribution in [2.45, 2.75) is 13.0 Å². The number of hydrogen-bond donors (Lipinski definition) is 2.